The second-order valence-electron chi connectivity index (χ2n) is 2.26. The lowest BCUT2D eigenvalue weighted by atomic mass is 10.5. The van der Waals surface area contributed by atoms with E-state index in [1.807, 2.05) is 6.92 Å². The van der Waals surface area contributed by atoms with Gasteiger partial charge in [-0.15, -0.1) is 0 Å². The van der Waals surface area contributed by atoms with E-state index >= 15 is 0 Å². The number of nitrogens with zero attached hydrogens (tertiary/aromatic N) is 2. The van der Waals surface area contributed by atoms with Crippen LogP contribution >= 0.6 is 11.6 Å². The molecule has 0 spiro atoms. The predicted octanol–water partition coefficient (Wildman–Crippen LogP) is 1.23. The minimum Gasteiger partial charge on any atom is -0.275 e. The molecule has 0 atom stereocenters. The first-order valence-corrected chi connectivity index (χ1v) is 4.14. The normalized spacial score (nSPS) is 10.6. The molecule has 2 N–H and O–H groups in total. The third-order valence-corrected chi connectivity index (χ3v) is 1.63. The molecule has 1 heterocycles. The fourth-order valence-corrected chi connectivity index (χ4v) is 0.801. The van der Waals surface area contributed by atoms with Crippen molar-refractivity contribution < 1.29 is 0 Å². The predicted molar refractivity (Wildman–Crippen MR) is 52.3 cm³/mol. The first-order valence-electron chi connectivity index (χ1n) is 3.76. The van der Waals surface area contributed by atoms with E-state index in [2.05, 4.69) is 20.7 Å². The first kappa shape index (κ1) is 9.73. The van der Waals surface area contributed by atoms with Gasteiger partial charge in [0.25, 0.3) is 5.56 Å². The van der Waals surface area contributed by atoms with Crippen molar-refractivity contribution in [3.8, 4) is 0 Å². The Balaban J connectivity index is 2.83. The molecule has 0 aromatic carbocycles. The Bertz CT molecular complexity index is 360. The molecule has 0 fully saturated rings. The molecule has 0 amide bonds. The van der Waals surface area contributed by atoms with E-state index in [0.29, 0.717) is 5.69 Å². The van der Waals surface area contributed by atoms with Crippen molar-refractivity contribution in [2.75, 3.05) is 5.43 Å². The fraction of sp³-hybridized carbons (Fsp3) is 0.286. The second-order valence-corrected chi connectivity index (χ2v) is 2.64. The largest absolute Gasteiger partial charge is 0.285 e. The number of H-pyrrole nitrogens is 1. The molecule has 1 rings (SSSR count). The lowest BCUT2D eigenvalue weighted by Crippen LogP contribution is -2.09. The highest BCUT2D eigenvalue weighted by molar-refractivity contribution is 6.32. The molecule has 1 aromatic rings. The summed E-state index contributed by atoms with van der Waals surface area (Å²) in [5.74, 6) is 0. The van der Waals surface area contributed by atoms with Crippen LogP contribution in [0.15, 0.2) is 16.1 Å². The maximum absolute atomic E-state index is 10.9. The van der Waals surface area contributed by atoms with Gasteiger partial charge in [-0.05, 0) is 6.42 Å². The van der Waals surface area contributed by atoms with Crippen LogP contribution in [0, 0.1) is 0 Å². The van der Waals surface area contributed by atoms with Crippen LogP contribution < -0.4 is 11.0 Å². The zero-order valence-electron chi connectivity index (χ0n) is 7.04. The molecule has 0 saturated heterocycles. The standard InChI is InChI=1S/C7H9ClN4O/c1-2-3-9-11-5-4-10-12-7(13)6(5)8/h3-4H,2H2,1H3,(H2,11,12,13)/b9-3+. The zero-order valence-corrected chi connectivity index (χ0v) is 7.80. The molecule has 0 bridgehead atoms. The van der Waals surface area contributed by atoms with Crippen LogP contribution in [0.4, 0.5) is 5.69 Å². The molecule has 1 aromatic heterocycles. The highest BCUT2D eigenvalue weighted by Gasteiger charge is 2.02. The summed E-state index contributed by atoms with van der Waals surface area (Å²) in [6.45, 7) is 1.95. The van der Waals surface area contributed by atoms with Gasteiger partial charge in [-0.3, -0.25) is 10.2 Å². The molecular formula is C7H9ClN4O. The third kappa shape index (κ3) is 2.55. The number of nitrogens with one attached hydrogen (secondary N) is 2. The van der Waals surface area contributed by atoms with Crippen molar-refractivity contribution in [1.82, 2.24) is 10.2 Å². The third-order valence-electron chi connectivity index (χ3n) is 1.25. The zero-order chi connectivity index (χ0) is 9.68. The minimum atomic E-state index is -0.432. The molecule has 0 aliphatic rings. The Kier molecular flexibility index (Phi) is 3.45. The smallest absolute Gasteiger partial charge is 0.275 e. The number of anilines is 1. The summed E-state index contributed by atoms with van der Waals surface area (Å²) in [4.78, 5) is 10.9. The van der Waals surface area contributed by atoms with Crippen molar-refractivity contribution >= 4 is 23.5 Å². The number of aromatic nitrogens is 2. The van der Waals surface area contributed by atoms with Crippen molar-refractivity contribution in [1.29, 1.82) is 0 Å². The molecule has 70 valence electrons. The summed E-state index contributed by atoms with van der Waals surface area (Å²) in [7, 11) is 0. The van der Waals surface area contributed by atoms with E-state index in [0.717, 1.165) is 6.42 Å². The lowest BCUT2D eigenvalue weighted by Gasteiger charge is -1.99. The van der Waals surface area contributed by atoms with Gasteiger partial charge in [0.05, 0.1) is 6.20 Å². The summed E-state index contributed by atoms with van der Waals surface area (Å²) >= 11 is 5.65. The van der Waals surface area contributed by atoms with Gasteiger partial charge in [-0.25, -0.2) is 5.10 Å². The molecule has 0 radical (unpaired) electrons. The molecule has 0 saturated carbocycles. The van der Waals surface area contributed by atoms with Gasteiger partial charge in [0, 0.05) is 6.21 Å². The van der Waals surface area contributed by atoms with E-state index in [1.54, 1.807) is 6.21 Å². The fourth-order valence-electron chi connectivity index (χ4n) is 0.668. The average molecular weight is 201 g/mol. The minimum absolute atomic E-state index is 0.0586. The van der Waals surface area contributed by atoms with Crippen molar-refractivity contribution in [2.45, 2.75) is 13.3 Å². The first-order chi connectivity index (χ1) is 6.25. The average Bonchev–Trinajstić information content (AvgIpc) is 2.13. The van der Waals surface area contributed by atoms with E-state index < -0.39 is 5.56 Å². The number of halogens is 1. The number of hydrogen-bond acceptors (Lipinski definition) is 4. The maximum atomic E-state index is 10.9. The molecular weight excluding hydrogens is 192 g/mol. The summed E-state index contributed by atoms with van der Waals surface area (Å²) in [6.07, 6.45) is 3.87. The van der Waals surface area contributed by atoms with Gasteiger partial charge in [0.15, 0.2) is 0 Å². The van der Waals surface area contributed by atoms with Crippen LogP contribution in [0.5, 0.6) is 0 Å². The Morgan fingerprint density at radius 3 is 3.31 bits per heavy atom. The van der Waals surface area contributed by atoms with E-state index in [9.17, 15) is 4.79 Å². The van der Waals surface area contributed by atoms with Gasteiger partial charge in [-0.2, -0.15) is 10.2 Å². The van der Waals surface area contributed by atoms with Gasteiger partial charge in [-0.1, -0.05) is 18.5 Å². The molecule has 0 aliphatic carbocycles. The number of aromatic amines is 1. The van der Waals surface area contributed by atoms with Crippen LogP contribution in [0.25, 0.3) is 0 Å². The summed E-state index contributed by atoms with van der Waals surface area (Å²) < 4.78 is 0. The SMILES string of the molecule is CC/C=N/Nc1cn[nH]c(=O)c1Cl. The van der Waals surface area contributed by atoms with E-state index in [-0.39, 0.29) is 5.02 Å². The maximum Gasteiger partial charge on any atom is 0.285 e. The summed E-state index contributed by atoms with van der Waals surface area (Å²) in [5.41, 5.74) is 2.58. The summed E-state index contributed by atoms with van der Waals surface area (Å²) in [6, 6.07) is 0. The number of rotatable bonds is 3. The van der Waals surface area contributed by atoms with Gasteiger partial charge < -0.3 is 0 Å². The van der Waals surface area contributed by atoms with Crippen molar-refractivity contribution in [3.63, 3.8) is 0 Å². The molecule has 0 unspecified atom stereocenters. The highest BCUT2D eigenvalue weighted by Crippen LogP contribution is 2.13. The van der Waals surface area contributed by atoms with E-state index in [1.165, 1.54) is 6.20 Å². The Morgan fingerprint density at radius 1 is 1.85 bits per heavy atom. The van der Waals surface area contributed by atoms with Crippen LogP contribution in [-0.4, -0.2) is 16.4 Å². The van der Waals surface area contributed by atoms with Crippen molar-refractivity contribution in [2.24, 2.45) is 5.10 Å². The van der Waals surface area contributed by atoms with Crippen LogP contribution in [-0.2, 0) is 0 Å². The summed E-state index contributed by atoms with van der Waals surface area (Å²) in [5, 5.41) is 9.63. The van der Waals surface area contributed by atoms with Crippen LogP contribution in [0.1, 0.15) is 13.3 Å². The quantitative estimate of drug-likeness (QED) is 0.570. The van der Waals surface area contributed by atoms with Crippen molar-refractivity contribution in [3.05, 3.63) is 21.6 Å². The number of hydrazone groups is 1. The monoisotopic (exact) mass is 200 g/mol. The molecule has 13 heavy (non-hydrogen) atoms. The lowest BCUT2D eigenvalue weighted by molar-refractivity contribution is 0.987. The molecule has 0 aliphatic heterocycles. The Labute approximate surface area is 79.8 Å². The van der Waals surface area contributed by atoms with Crippen LogP contribution in [0.3, 0.4) is 0 Å². The number of hydrogen-bond donors (Lipinski definition) is 2. The van der Waals surface area contributed by atoms with Gasteiger partial charge >= 0.3 is 0 Å². The Hall–Kier alpha value is -1.36. The van der Waals surface area contributed by atoms with Gasteiger partial charge in [0.2, 0.25) is 0 Å². The topological polar surface area (TPSA) is 70.1 Å². The highest BCUT2D eigenvalue weighted by atomic mass is 35.5. The molecule has 6 heteroatoms. The van der Waals surface area contributed by atoms with Crippen LogP contribution in [0.2, 0.25) is 5.02 Å². The Morgan fingerprint density at radius 2 is 2.62 bits per heavy atom. The van der Waals surface area contributed by atoms with E-state index in [4.69, 9.17) is 11.6 Å². The van der Waals surface area contributed by atoms with Gasteiger partial charge in [0.1, 0.15) is 10.7 Å². The molecule has 5 nitrogen and oxygen atoms in total. The second kappa shape index (κ2) is 4.61.